The van der Waals surface area contributed by atoms with Crippen LogP contribution >= 0.6 is 0 Å². The second kappa shape index (κ2) is 6.70. The van der Waals surface area contributed by atoms with Crippen LogP contribution in [-0.4, -0.2) is 12.5 Å². The first kappa shape index (κ1) is 15.7. The first-order chi connectivity index (χ1) is 9.56. The molecule has 1 rings (SSSR count). The Bertz CT molecular complexity index is 568. The van der Waals surface area contributed by atoms with Crippen molar-refractivity contribution in [3.63, 3.8) is 0 Å². The number of anilines is 1. The summed E-state index contributed by atoms with van der Waals surface area (Å²) in [6, 6.07) is 8.52. The molecule has 5 heteroatoms. The molecule has 0 spiro atoms. The third-order valence-electron chi connectivity index (χ3n) is 3.74. The highest BCUT2D eigenvalue weighted by molar-refractivity contribution is 5.95. The summed E-state index contributed by atoms with van der Waals surface area (Å²) < 4.78 is 0. The minimum Gasteiger partial charge on any atom is -0.329 e. The Morgan fingerprint density at radius 3 is 2.30 bits per heavy atom. The van der Waals surface area contributed by atoms with Crippen LogP contribution in [0.15, 0.2) is 18.2 Å². The number of hydrogen-bond donors (Lipinski definition) is 2. The molecular weight excluding hydrogens is 252 g/mol. The van der Waals surface area contributed by atoms with E-state index in [4.69, 9.17) is 16.3 Å². The van der Waals surface area contributed by atoms with Crippen LogP contribution in [0.25, 0.3) is 0 Å². The van der Waals surface area contributed by atoms with Gasteiger partial charge in [-0.3, -0.25) is 4.79 Å². The molecule has 104 valence electrons. The molecule has 0 atom stereocenters. The van der Waals surface area contributed by atoms with Crippen LogP contribution in [0.2, 0.25) is 0 Å². The van der Waals surface area contributed by atoms with E-state index in [0.717, 1.165) is 0 Å². The Balaban J connectivity index is 3.03. The standard InChI is InChI=1S/C15H18N4O/c1-3-15(4-2,10-18)14(20)19-13-6-5-11(8-16)12(7-13)9-17/h5-7H,3-4,10,18H2,1-2H3,(H,19,20). The Kier molecular flexibility index (Phi) is 5.25. The molecule has 0 aromatic heterocycles. The molecule has 0 radical (unpaired) electrons. The van der Waals surface area contributed by atoms with E-state index in [-0.39, 0.29) is 18.0 Å². The van der Waals surface area contributed by atoms with Gasteiger partial charge in [0.25, 0.3) is 0 Å². The molecule has 3 N–H and O–H groups in total. The fourth-order valence-corrected chi connectivity index (χ4v) is 2.03. The van der Waals surface area contributed by atoms with E-state index < -0.39 is 5.41 Å². The van der Waals surface area contributed by atoms with Crippen molar-refractivity contribution in [2.24, 2.45) is 11.1 Å². The molecule has 0 fully saturated rings. The van der Waals surface area contributed by atoms with Crippen LogP contribution in [0.3, 0.4) is 0 Å². The molecule has 0 bridgehead atoms. The zero-order valence-electron chi connectivity index (χ0n) is 11.7. The smallest absolute Gasteiger partial charge is 0.231 e. The van der Waals surface area contributed by atoms with Gasteiger partial charge in [0.2, 0.25) is 5.91 Å². The monoisotopic (exact) mass is 270 g/mol. The lowest BCUT2D eigenvalue weighted by Crippen LogP contribution is -2.41. The van der Waals surface area contributed by atoms with Gasteiger partial charge in [-0.1, -0.05) is 13.8 Å². The van der Waals surface area contributed by atoms with Crippen molar-refractivity contribution in [1.29, 1.82) is 10.5 Å². The van der Waals surface area contributed by atoms with E-state index in [0.29, 0.717) is 24.1 Å². The Labute approximate surface area is 119 Å². The van der Waals surface area contributed by atoms with Gasteiger partial charge < -0.3 is 11.1 Å². The number of nitriles is 2. The predicted octanol–water partition coefficient (Wildman–Crippen LogP) is 2.13. The van der Waals surface area contributed by atoms with Crippen molar-refractivity contribution < 1.29 is 4.79 Å². The molecule has 5 nitrogen and oxygen atoms in total. The number of carbonyl (C=O) groups is 1. The quantitative estimate of drug-likeness (QED) is 0.855. The van der Waals surface area contributed by atoms with Crippen molar-refractivity contribution in [2.45, 2.75) is 26.7 Å². The minimum atomic E-state index is -0.597. The molecular formula is C15H18N4O. The van der Waals surface area contributed by atoms with Crippen molar-refractivity contribution in [3.8, 4) is 12.1 Å². The van der Waals surface area contributed by atoms with E-state index in [9.17, 15) is 4.79 Å². The highest BCUT2D eigenvalue weighted by atomic mass is 16.2. The average Bonchev–Trinajstić information content (AvgIpc) is 2.49. The molecule has 1 aromatic rings. The number of carbonyl (C=O) groups excluding carboxylic acids is 1. The summed E-state index contributed by atoms with van der Waals surface area (Å²) in [4.78, 5) is 12.3. The second-order valence-corrected chi connectivity index (χ2v) is 4.63. The summed E-state index contributed by atoms with van der Waals surface area (Å²) in [5, 5.41) is 20.6. The minimum absolute atomic E-state index is 0.154. The van der Waals surface area contributed by atoms with Gasteiger partial charge >= 0.3 is 0 Å². The maximum absolute atomic E-state index is 12.3. The first-order valence-electron chi connectivity index (χ1n) is 6.52. The third kappa shape index (κ3) is 2.96. The zero-order valence-corrected chi connectivity index (χ0v) is 11.7. The zero-order chi connectivity index (χ0) is 15.2. The first-order valence-corrected chi connectivity index (χ1v) is 6.52. The number of hydrogen-bond acceptors (Lipinski definition) is 4. The van der Waals surface area contributed by atoms with E-state index in [1.54, 1.807) is 6.07 Å². The van der Waals surface area contributed by atoms with Crippen molar-refractivity contribution in [1.82, 2.24) is 0 Å². The van der Waals surface area contributed by atoms with Crippen LogP contribution in [0.4, 0.5) is 5.69 Å². The highest BCUT2D eigenvalue weighted by Crippen LogP contribution is 2.27. The van der Waals surface area contributed by atoms with Crippen molar-refractivity contribution in [3.05, 3.63) is 29.3 Å². The molecule has 20 heavy (non-hydrogen) atoms. The van der Waals surface area contributed by atoms with Crippen LogP contribution < -0.4 is 11.1 Å². The molecule has 0 aliphatic rings. The van der Waals surface area contributed by atoms with Gasteiger partial charge in [0, 0.05) is 12.2 Å². The summed E-state index contributed by atoms with van der Waals surface area (Å²) in [7, 11) is 0. The Hall–Kier alpha value is -2.37. The van der Waals surface area contributed by atoms with Gasteiger partial charge in [0.1, 0.15) is 12.1 Å². The lowest BCUT2D eigenvalue weighted by Gasteiger charge is -2.28. The lowest BCUT2D eigenvalue weighted by molar-refractivity contribution is -0.125. The highest BCUT2D eigenvalue weighted by Gasteiger charge is 2.33. The number of amides is 1. The molecule has 1 aromatic carbocycles. The van der Waals surface area contributed by atoms with Gasteiger partial charge in [0.15, 0.2) is 0 Å². The third-order valence-corrected chi connectivity index (χ3v) is 3.74. The van der Waals surface area contributed by atoms with Gasteiger partial charge in [-0.15, -0.1) is 0 Å². The van der Waals surface area contributed by atoms with E-state index >= 15 is 0 Å². The second-order valence-electron chi connectivity index (χ2n) is 4.63. The lowest BCUT2D eigenvalue weighted by atomic mass is 9.81. The molecule has 0 aliphatic heterocycles. The predicted molar refractivity (Wildman–Crippen MR) is 76.6 cm³/mol. The molecule has 1 amide bonds. The summed E-state index contributed by atoms with van der Waals surface area (Å²) in [5.41, 5.74) is 6.18. The number of rotatable bonds is 5. The number of nitrogens with zero attached hydrogens (tertiary/aromatic N) is 2. The van der Waals surface area contributed by atoms with Gasteiger partial charge in [0.05, 0.1) is 16.5 Å². The van der Waals surface area contributed by atoms with Crippen LogP contribution in [0.5, 0.6) is 0 Å². The SMILES string of the molecule is CCC(CC)(CN)C(=O)Nc1ccc(C#N)c(C#N)c1. The molecule has 0 heterocycles. The number of benzene rings is 1. The van der Waals surface area contributed by atoms with Crippen LogP contribution in [0, 0.1) is 28.1 Å². The maximum atomic E-state index is 12.3. The topological polar surface area (TPSA) is 103 Å². The molecule has 0 aliphatic carbocycles. The van der Waals surface area contributed by atoms with E-state index in [1.165, 1.54) is 12.1 Å². The molecule has 0 unspecified atom stereocenters. The van der Waals surface area contributed by atoms with Crippen LogP contribution in [-0.2, 0) is 4.79 Å². The molecule has 0 saturated heterocycles. The maximum Gasteiger partial charge on any atom is 0.231 e. The summed E-state index contributed by atoms with van der Waals surface area (Å²) >= 11 is 0. The normalized spacial score (nSPS) is 10.4. The summed E-state index contributed by atoms with van der Waals surface area (Å²) in [6.07, 6.45) is 1.29. The Morgan fingerprint density at radius 1 is 1.25 bits per heavy atom. The number of nitrogens with two attached hydrogens (primary N) is 1. The Morgan fingerprint density at radius 2 is 1.85 bits per heavy atom. The average molecular weight is 270 g/mol. The fourth-order valence-electron chi connectivity index (χ4n) is 2.03. The summed E-state index contributed by atoms with van der Waals surface area (Å²) in [5.74, 6) is -0.154. The van der Waals surface area contributed by atoms with Crippen molar-refractivity contribution >= 4 is 11.6 Å². The summed E-state index contributed by atoms with van der Waals surface area (Å²) in [6.45, 7) is 4.12. The fraction of sp³-hybridized carbons (Fsp3) is 0.400. The molecule has 0 saturated carbocycles. The van der Waals surface area contributed by atoms with Gasteiger partial charge in [-0.2, -0.15) is 10.5 Å². The van der Waals surface area contributed by atoms with Gasteiger partial charge in [-0.25, -0.2) is 0 Å². The van der Waals surface area contributed by atoms with Gasteiger partial charge in [-0.05, 0) is 31.0 Å². The number of nitrogens with one attached hydrogen (secondary N) is 1. The van der Waals surface area contributed by atoms with E-state index in [2.05, 4.69) is 5.32 Å². The van der Waals surface area contributed by atoms with Crippen LogP contribution in [0.1, 0.15) is 37.8 Å². The van der Waals surface area contributed by atoms with E-state index in [1.807, 2.05) is 26.0 Å². The largest absolute Gasteiger partial charge is 0.329 e. The van der Waals surface area contributed by atoms with Crippen molar-refractivity contribution in [2.75, 3.05) is 11.9 Å².